The number of benzene rings is 1. The van der Waals surface area contributed by atoms with Crippen LogP contribution >= 0.6 is 0 Å². The molecule has 4 heterocycles. The maximum Gasteiger partial charge on any atom is 0.255 e. The van der Waals surface area contributed by atoms with Crippen LogP contribution in [0.3, 0.4) is 0 Å². The zero-order valence-electron chi connectivity index (χ0n) is 19.1. The molecule has 3 aromatic rings. The first-order valence-corrected chi connectivity index (χ1v) is 11.5. The van der Waals surface area contributed by atoms with Crippen LogP contribution in [-0.4, -0.2) is 56.0 Å². The van der Waals surface area contributed by atoms with E-state index in [0.717, 1.165) is 36.2 Å². The van der Waals surface area contributed by atoms with Gasteiger partial charge in [-0.1, -0.05) is 30.3 Å². The summed E-state index contributed by atoms with van der Waals surface area (Å²) in [6.45, 7) is 4.18. The van der Waals surface area contributed by atoms with E-state index < -0.39 is 5.41 Å². The van der Waals surface area contributed by atoms with Crippen LogP contribution in [0, 0.1) is 12.3 Å². The van der Waals surface area contributed by atoms with Crippen LogP contribution in [-0.2, 0) is 18.4 Å². The summed E-state index contributed by atoms with van der Waals surface area (Å²) < 4.78 is 1.85. The van der Waals surface area contributed by atoms with Crippen LogP contribution in [0.2, 0.25) is 0 Å². The predicted molar refractivity (Wildman–Crippen MR) is 124 cm³/mol. The highest BCUT2D eigenvalue weighted by Crippen LogP contribution is 2.49. The number of aromatic nitrogens is 3. The van der Waals surface area contributed by atoms with Gasteiger partial charge in [-0.3, -0.25) is 19.3 Å². The molecule has 0 unspecified atom stereocenters. The van der Waals surface area contributed by atoms with Gasteiger partial charge in [0.2, 0.25) is 5.91 Å². The zero-order chi connectivity index (χ0) is 23.0. The van der Waals surface area contributed by atoms with Gasteiger partial charge in [0.15, 0.2) is 0 Å². The smallest absolute Gasteiger partial charge is 0.255 e. The van der Waals surface area contributed by atoms with Crippen molar-refractivity contribution in [1.29, 1.82) is 0 Å². The van der Waals surface area contributed by atoms with Gasteiger partial charge in [-0.05, 0) is 43.0 Å². The number of pyridine rings is 1. The average Bonchev–Trinajstić information content (AvgIpc) is 3.41. The lowest BCUT2D eigenvalue weighted by atomic mass is 9.70. The van der Waals surface area contributed by atoms with Gasteiger partial charge < -0.3 is 9.80 Å². The van der Waals surface area contributed by atoms with Gasteiger partial charge in [-0.2, -0.15) is 5.10 Å². The number of amides is 2. The SMILES string of the molecule is Cc1cncc(C(=O)N2C[C@@H](c3ccnn3C)[C@@]3(CCCN(Cc4ccccc4)C3=O)C2)c1. The molecule has 0 saturated carbocycles. The number of carbonyl (C=O) groups is 2. The Kier molecular flexibility index (Phi) is 5.48. The molecule has 2 aromatic heterocycles. The Morgan fingerprint density at radius 3 is 2.73 bits per heavy atom. The third-order valence-electron chi connectivity index (χ3n) is 7.15. The Labute approximate surface area is 194 Å². The summed E-state index contributed by atoms with van der Waals surface area (Å²) in [7, 11) is 1.91. The number of carbonyl (C=O) groups excluding carboxylic acids is 2. The molecule has 2 amide bonds. The lowest BCUT2D eigenvalue weighted by molar-refractivity contribution is -0.147. The molecule has 7 heteroatoms. The fraction of sp³-hybridized carbons (Fsp3) is 0.385. The van der Waals surface area contributed by atoms with E-state index in [1.54, 1.807) is 18.6 Å². The third kappa shape index (κ3) is 3.81. The normalized spacial score (nSPS) is 22.8. The number of hydrogen-bond acceptors (Lipinski definition) is 4. The summed E-state index contributed by atoms with van der Waals surface area (Å²) in [5, 5.41) is 4.37. The second-order valence-electron chi connectivity index (χ2n) is 9.34. The summed E-state index contributed by atoms with van der Waals surface area (Å²) >= 11 is 0. The second kappa shape index (κ2) is 8.46. The van der Waals surface area contributed by atoms with E-state index in [1.165, 1.54) is 0 Å². The molecule has 2 aliphatic heterocycles. The van der Waals surface area contributed by atoms with Gasteiger partial charge in [0, 0.05) is 63.4 Å². The summed E-state index contributed by atoms with van der Waals surface area (Å²) in [4.78, 5) is 35.5. The quantitative estimate of drug-likeness (QED) is 0.621. The molecule has 5 rings (SSSR count). The number of hydrogen-bond donors (Lipinski definition) is 0. The maximum absolute atomic E-state index is 14.1. The molecule has 1 spiro atoms. The predicted octanol–water partition coefficient (Wildman–Crippen LogP) is 3.17. The highest BCUT2D eigenvalue weighted by Gasteiger charge is 2.57. The van der Waals surface area contributed by atoms with Gasteiger partial charge in [0.25, 0.3) is 5.91 Å². The van der Waals surface area contributed by atoms with Crippen LogP contribution in [0.25, 0.3) is 0 Å². The number of likely N-dealkylation sites (tertiary alicyclic amines) is 2. The first-order valence-electron chi connectivity index (χ1n) is 11.5. The summed E-state index contributed by atoms with van der Waals surface area (Å²) in [6.07, 6.45) is 6.81. The molecule has 170 valence electrons. The van der Waals surface area contributed by atoms with Crippen LogP contribution in [0.1, 0.15) is 45.9 Å². The molecule has 0 radical (unpaired) electrons. The van der Waals surface area contributed by atoms with Crippen LogP contribution in [0.4, 0.5) is 0 Å². The van der Waals surface area contributed by atoms with Crippen LogP contribution < -0.4 is 0 Å². The number of nitrogens with zero attached hydrogens (tertiary/aromatic N) is 5. The Morgan fingerprint density at radius 1 is 1.18 bits per heavy atom. The van der Waals surface area contributed by atoms with Crippen molar-refractivity contribution in [3.8, 4) is 0 Å². The van der Waals surface area contributed by atoms with Crippen molar-refractivity contribution >= 4 is 11.8 Å². The Bertz CT molecular complexity index is 1170. The van der Waals surface area contributed by atoms with Gasteiger partial charge in [0.05, 0.1) is 11.0 Å². The van der Waals surface area contributed by atoms with Gasteiger partial charge in [0.1, 0.15) is 0 Å². The van der Waals surface area contributed by atoms with E-state index in [9.17, 15) is 9.59 Å². The van der Waals surface area contributed by atoms with Crippen molar-refractivity contribution in [3.63, 3.8) is 0 Å². The summed E-state index contributed by atoms with van der Waals surface area (Å²) in [5.41, 5.74) is 2.99. The van der Waals surface area contributed by atoms with Crippen molar-refractivity contribution in [3.05, 3.63) is 83.4 Å². The van der Waals surface area contributed by atoms with Crippen molar-refractivity contribution in [2.45, 2.75) is 32.2 Å². The van der Waals surface area contributed by atoms with Crippen molar-refractivity contribution < 1.29 is 9.59 Å². The number of aryl methyl sites for hydroxylation is 2. The second-order valence-corrected chi connectivity index (χ2v) is 9.34. The van der Waals surface area contributed by atoms with E-state index in [-0.39, 0.29) is 17.7 Å². The molecular formula is C26H29N5O2. The molecule has 33 heavy (non-hydrogen) atoms. The fourth-order valence-corrected chi connectivity index (χ4v) is 5.56. The van der Waals surface area contributed by atoms with E-state index in [4.69, 9.17) is 0 Å². The standard InChI is InChI=1S/C26H29N5O2/c1-19-13-21(15-27-14-19)24(32)31-17-22(23-9-11-28-29(23)2)26(18-31)10-6-12-30(25(26)33)16-20-7-4-3-5-8-20/h3-5,7-9,11,13-15,22H,6,10,12,16-18H2,1-2H3/t22-,26+/m0/s1. The minimum atomic E-state index is -0.645. The van der Waals surface area contributed by atoms with E-state index in [2.05, 4.69) is 22.2 Å². The summed E-state index contributed by atoms with van der Waals surface area (Å²) in [6, 6.07) is 14.0. The highest BCUT2D eigenvalue weighted by molar-refractivity contribution is 5.96. The van der Waals surface area contributed by atoms with E-state index in [0.29, 0.717) is 25.2 Å². The molecule has 2 fully saturated rings. The lowest BCUT2D eigenvalue weighted by Gasteiger charge is -2.42. The van der Waals surface area contributed by atoms with Crippen molar-refractivity contribution in [2.75, 3.05) is 19.6 Å². The molecule has 0 N–H and O–H groups in total. The first-order chi connectivity index (χ1) is 16.0. The zero-order valence-corrected chi connectivity index (χ0v) is 19.1. The Balaban J connectivity index is 1.49. The van der Waals surface area contributed by atoms with E-state index >= 15 is 0 Å². The average molecular weight is 444 g/mol. The van der Waals surface area contributed by atoms with Gasteiger partial charge >= 0.3 is 0 Å². The number of piperidine rings is 1. The minimum Gasteiger partial charge on any atom is -0.338 e. The van der Waals surface area contributed by atoms with Crippen LogP contribution in [0.5, 0.6) is 0 Å². The molecular weight excluding hydrogens is 414 g/mol. The largest absolute Gasteiger partial charge is 0.338 e. The molecule has 7 nitrogen and oxygen atoms in total. The Hall–Kier alpha value is -3.48. The monoisotopic (exact) mass is 443 g/mol. The van der Waals surface area contributed by atoms with Gasteiger partial charge in [-0.25, -0.2) is 0 Å². The van der Waals surface area contributed by atoms with E-state index in [1.807, 2.05) is 58.8 Å². The molecule has 1 aromatic carbocycles. The first kappa shape index (κ1) is 21.4. The molecule has 2 aliphatic rings. The van der Waals surface area contributed by atoms with Crippen molar-refractivity contribution in [1.82, 2.24) is 24.6 Å². The Morgan fingerprint density at radius 2 is 2.00 bits per heavy atom. The van der Waals surface area contributed by atoms with Gasteiger partial charge in [-0.15, -0.1) is 0 Å². The number of rotatable bonds is 4. The van der Waals surface area contributed by atoms with Crippen LogP contribution in [0.15, 0.2) is 61.1 Å². The molecule has 2 saturated heterocycles. The fourth-order valence-electron chi connectivity index (χ4n) is 5.56. The maximum atomic E-state index is 14.1. The van der Waals surface area contributed by atoms with Crippen molar-refractivity contribution in [2.24, 2.45) is 12.5 Å². The topological polar surface area (TPSA) is 71.3 Å². The molecule has 2 atom stereocenters. The minimum absolute atomic E-state index is 0.0665. The summed E-state index contributed by atoms with van der Waals surface area (Å²) in [5.74, 6) is -0.0255. The third-order valence-corrected chi connectivity index (χ3v) is 7.15. The lowest BCUT2D eigenvalue weighted by Crippen LogP contribution is -2.52. The molecule has 0 aliphatic carbocycles. The highest BCUT2D eigenvalue weighted by atomic mass is 16.2. The molecule has 0 bridgehead atoms.